The monoisotopic (exact) mass is 471 g/mol. The van der Waals surface area contributed by atoms with Gasteiger partial charge in [0.15, 0.2) is 11.7 Å². The molecule has 0 aliphatic carbocycles. The lowest BCUT2D eigenvalue weighted by molar-refractivity contribution is -0.162. The Morgan fingerprint density at radius 3 is 2.20 bits per heavy atom. The number of halogens is 1. The molecule has 0 aliphatic rings. The molecule has 1 atom stereocenters. The number of carbonyl (C=O) groups excluding carboxylic acids is 3. The number of aromatic nitrogens is 1. The zero-order chi connectivity index (χ0) is 21.7. The Labute approximate surface area is 182 Å². The minimum absolute atomic E-state index is 0.0837. The Kier molecular flexibility index (Phi) is 7.05. The van der Waals surface area contributed by atoms with E-state index < -0.39 is 23.8 Å². The number of ether oxygens (including phenoxy) is 2. The van der Waals surface area contributed by atoms with Gasteiger partial charge < -0.3 is 14.5 Å². The van der Waals surface area contributed by atoms with Gasteiger partial charge in [-0.2, -0.15) is 0 Å². The molecular weight excluding hydrogens is 450 g/mol. The summed E-state index contributed by atoms with van der Waals surface area (Å²) < 4.78 is 11.1. The molecule has 0 saturated carbocycles. The Morgan fingerprint density at radius 2 is 1.60 bits per heavy atom. The van der Waals surface area contributed by atoms with Gasteiger partial charge in [-0.15, -0.1) is 0 Å². The summed E-state index contributed by atoms with van der Waals surface area (Å²) in [6, 6.07) is 14.2. The second-order valence-corrected chi connectivity index (χ2v) is 7.54. The van der Waals surface area contributed by atoms with Gasteiger partial charge in [0.1, 0.15) is 0 Å². The lowest BCUT2D eigenvalue weighted by Crippen LogP contribution is -2.37. The van der Waals surface area contributed by atoms with E-state index in [1.165, 1.54) is 0 Å². The van der Waals surface area contributed by atoms with Gasteiger partial charge in [0.2, 0.25) is 0 Å². The zero-order valence-corrected chi connectivity index (χ0v) is 18.3. The molecule has 156 valence electrons. The molecule has 7 heteroatoms. The molecule has 1 heterocycles. The van der Waals surface area contributed by atoms with Gasteiger partial charge in [-0.05, 0) is 37.6 Å². The fraction of sp³-hybridized carbons (Fsp3) is 0.261. The fourth-order valence-corrected chi connectivity index (χ4v) is 3.82. The largest absolute Gasteiger partial charge is 0.465 e. The third-order valence-corrected chi connectivity index (χ3v) is 5.26. The number of nitrogens with one attached hydrogen (secondary N) is 1. The minimum atomic E-state index is -1.42. The lowest BCUT2D eigenvalue weighted by atomic mass is 9.80. The quantitative estimate of drug-likeness (QED) is 0.293. The Morgan fingerprint density at radius 1 is 0.967 bits per heavy atom. The predicted octanol–water partition coefficient (Wildman–Crippen LogP) is 4.64. The maximum atomic E-state index is 13.6. The van der Waals surface area contributed by atoms with Crippen LogP contribution < -0.4 is 0 Å². The van der Waals surface area contributed by atoms with E-state index in [1.807, 2.05) is 18.2 Å². The van der Waals surface area contributed by atoms with Crippen LogP contribution in [0.3, 0.4) is 0 Å². The van der Waals surface area contributed by atoms with Crippen molar-refractivity contribution < 1.29 is 23.9 Å². The number of rotatable bonds is 8. The van der Waals surface area contributed by atoms with Crippen LogP contribution >= 0.6 is 15.9 Å². The molecule has 3 aromatic rings. The molecule has 0 amide bonds. The highest BCUT2D eigenvalue weighted by Crippen LogP contribution is 2.36. The summed E-state index contributed by atoms with van der Waals surface area (Å²) in [6.45, 7) is 3.47. The van der Waals surface area contributed by atoms with E-state index in [2.05, 4.69) is 20.9 Å². The number of hydrogen-bond acceptors (Lipinski definition) is 5. The van der Waals surface area contributed by atoms with Gasteiger partial charge >= 0.3 is 11.9 Å². The molecule has 0 fully saturated rings. The van der Waals surface area contributed by atoms with E-state index in [0.717, 1.165) is 15.4 Å². The van der Waals surface area contributed by atoms with Crippen molar-refractivity contribution in [2.24, 2.45) is 5.92 Å². The SMILES string of the molecule is CCOC(=O)C(C(=O)OCC)[C@@H](C(=O)c1ccccc1)c1c[nH]c2ccc(Br)cc12. The summed E-state index contributed by atoms with van der Waals surface area (Å²) in [6.07, 6.45) is 1.66. The summed E-state index contributed by atoms with van der Waals surface area (Å²) in [5, 5.41) is 0.734. The molecule has 3 rings (SSSR count). The standard InChI is InChI=1S/C23H22BrNO5/c1-3-29-22(27)20(23(28)30-4-2)19(21(26)14-8-6-5-7-9-14)17-13-25-18-11-10-15(24)12-16(17)18/h5-13,19-20,25H,3-4H2,1-2H3/t19-/m0/s1. The molecule has 1 N–H and O–H groups in total. The number of ketones is 1. The van der Waals surface area contributed by atoms with Crippen LogP contribution in [0.5, 0.6) is 0 Å². The first-order valence-electron chi connectivity index (χ1n) is 9.67. The topological polar surface area (TPSA) is 85.5 Å². The summed E-state index contributed by atoms with van der Waals surface area (Å²) in [5.41, 5.74) is 1.71. The normalized spacial score (nSPS) is 12.0. The van der Waals surface area contributed by atoms with Crippen LogP contribution in [0.25, 0.3) is 10.9 Å². The highest BCUT2D eigenvalue weighted by atomic mass is 79.9. The third kappa shape index (κ3) is 4.46. The molecule has 0 spiro atoms. The summed E-state index contributed by atoms with van der Waals surface area (Å²) in [5.74, 6) is -4.45. The average Bonchev–Trinajstić information content (AvgIpc) is 3.15. The first-order valence-corrected chi connectivity index (χ1v) is 10.5. The highest BCUT2D eigenvalue weighted by molar-refractivity contribution is 9.10. The zero-order valence-electron chi connectivity index (χ0n) is 16.7. The van der Waals surface area contributed by atoms with E-state index in [-0.39, 0.29) is 19.0 Å². The van der Waals surface area contributed by atoms with Crippen molar-refractivity contribution in [1.82, 2.24) is 4.98 Å². The van der Waals surface area contributed by atoms with Gasteiger partial charge in [-0.3, -0.25) is 14.4 Å². The number of H-pyrrole nitrogens is 1. The molecule has 0 saturated heterocycles. The predicted molar refractivity (Wildman–Crippen MR) is 116 cm³/mol. The molecule has 30 heavy (non-hydrogen) atoms. The smallest absolute Gasteiger partial charge is 0.321 e. The van der Waals surface area contributed by atoms with Crippen LogP contribution in [0.2, 0.25) is 0 Å². The molecule has 0 unspecified atom stereocenters. The van der Waals surface area contributed by atoms with Crippen molar-refractivity contribution >= 4 is 44.6 Å². The summed E-state index contributed by atoms with van der Waals surface area (Å²) in [4.78, 5) is 42.4. The van der Waals surface area contributed by atoms with Crippen molar-refractivity contribution in [3.05, 3.63) is 70.3 Å². The Hall–Kier alpha value is -2.93. The van der Waals surface area contributed by atoms with Crippen LogP contribution in [0.4, 0.5) is 0 Å². The maximum Gasteiger partial charge on any atom is 0.321 e. The number of benzene rings is 2. The van der Waals surface area contributed by atoms with Crippen molar-refractivity contribution in [2.45, 2.75) is 19.8 Å². The van der Waals surface area contributed by atoms with E-state index >= 15 is 0 Å². The molecule has 1 aromatic heterocycles. The van der Waals surface area contributed by atoms with E-state index in [4.69, 9.17) is 9.47 Å². The summed E-state index contributed by atoms with van der Waals surface area (Å²) in [7, 11) is 0. The number of aromatic amines is 1. The highest BCUT2D eigenvalue weighted by Gasteiger charge is 2.43. The number of Topliss-reactive ketones (excluding diaryl/α,β-unsaturated/α-hetero) is 1. The van der Waals surface area contributed by atoms with E-state index in [9.17, 15) is 14.4 Å². The van der Waals surface area contributed by atoms with Crippen molar-refractivity contribution in [3.63, 3.8) is 0 Å². The fourth-order valence-electron chi connectivity index (χ4n) is 3.46. The molecular formula is C23H22BrNO5. The van der Waals surface area contributed by atoms with Gasteiger partial charge in [-0.1, -0.05) is 46.3 Å². The summed E-state index contributed by atoms with van der Waals surface area (Å²) >= 11 is 3.44. The molecule has 2 aromatic carbocycles. The molecule has 6 nitrogen and oxygen atoms in total. The molecule has 0 aliphatic heterocycles. The van der Waals surface area contributed by atoms with Crippen molar-refractivity contribution in [1.29, 1.82) is 0 Å². The van der Waals surface area contributed by atoms with Gasteiger partial charge in [0, 0.05) is 27.1 Å². The van der Waals surface area contributed by atoms with Crippen LogP contribution in [-0.2, 0) is 19.1 Å². The maximum absolute atomic E-state index is 13.6. The number of hydrogen-bond donors (Lipinski definition) is 1. The Bertz CT molecular complexity index is 1040. The van der Waals surface area contributed by atoms with Gasteiger partial charge in [0.05, 0.1) is 19.1 Å². The van der Waals surface area contributed by atoms with Crippen LogP contribution in [0.15, 0.2) is 59.2 Å². The van der Waals surface area contributed by atoms with Gasteiger partial charge in [-0.25, -0.2) is 0 Å². The Balaban J connectivity index is 2.21. The first-order chi connectivity index (χ1) is 14.5. The third-order valence-electron chi connectivity index (χ3n) is 4.77. The second kappa shape index (κ2) is 9.71. The molecule has 0 bridgehead atoms. The van der Waals surface area contributed by atoms with Crippen LogP contribution in [0.1, 0.15) is 35.7 Å². The molecule has 0 radical (unpaired) electrons. The van der Waals surface area contributed by atoms with Crippen molar-refractivity contribution in [3.8, 4) is 0 Å². The van der Waals surface area contributed by atoms with Crippen molar-refractivity contribution in [2.75, 3.05) is 13.2 Å². The second-order valence-electron chi connectivity index (χ2n) is 6.62. The van der Waals surface area contributed by atoms with Crippen LogP contribution in [-0.4, -0.2) is 35.9 Å². The van der Waals surface area contributed by atoms with Gasteiger partial charge in [0.25, 0.3) is 0 Å². The minimum Gasteiger partial charge on any atom is -0.465 e. The lowest BCUT2D eigenvalue weighted by Gasteiger charge is -2.23. The average molecular weight is 472 g/mol. The number of carbonyl (C=O) groups is 3. The van der Waals surface area contributed by atoms with E-state index in [0.29, 0.717) is 11.1 Å². The van der Waals surface area contributed by atoms with E-state index in [1.54, 1.807) is 50.4 Å². The van der Waals surface area contributed by atoms with Crippen LogP contribution in [0, 0.1) is 5.92 Å². The number of fused-ring (bicyclic) bond motifs is 1. The first kappa shape index (κ1) is 21.8. The number of esters is 2.